The largest absolute Gasteiger partial charge is 0.316 e. The third-order valence-corrected chi connectivity index (χ3v) is 5.05. The van der Waals surface area contributed by atoms with Gasteiger partial charge in [-0.25, -0.2) is 0 Å². The molecule has 0 saturated heterocycles. The average molecular weight is 371 g/mol. The van der Waals surface area contributed by atoms with Crippen LogP contribution in [0.5, 0.6) is 0 Å². The maximum absolute atomic E-state index is 10.1. The fourth-order valence-electron chi connectivity index (χ4n) is 2.63. The highest BCUT2D eigenvalue weighted by Crippen LogP contribution is 2.43. The lowest BCUT2D eigenvalue weighted by Crippen LogP contribution is -2.40. The van der Waals surface area contributed by atoms with E-state index in [0.717, 1.165) is 21.9 Å². The van der Waals surface area contributed by atoms with Gasteiger partial charge in [-0.1, -0.05) is 59.1 Å². The van der Waals surface area contributed by atoms with Crippen LogP contribution >= 0.6 is 34.8 Å². The fraction of sp³-hybridized carbons (Fsp3) is 0.278. The molecule has 0 aromatic heterocycles. The molecular weight excluding hydrogens is 353 g/mol. The number of rotatable bonds is 3. The molecule has 0 heterocycles. The molecule has 0 spiro atoms. The zero-order chi connectivity index (χ0) is 16.8. The molecule has 0 amide bonds. The summed E-state index contributed by atoms with van der Waals surface area (Å²) < 4.78 is 0. The smallest absolute Gasteiger partial charge is 0.151 e. The Morgan fingerprint density at radius 3 is 2.00 bits per heavy atom. The van der Waals surface area contributed by atoms with E-state index >= 15 is 0 Å². The van der Waals surface area contributed by atoms with Crippen molar-refractivity contribution in [1.29, 1.82) is 0 Å². The Hall–Kier alpha value is -1.06. The van der Waals surface area contributed by atoms with Gasteiger partial charge in [0.05, 0.1) is 5.02 Å². The first kappa shape index (κ1) is 18.3. The minimum atomic E-state index is 0.487. The molecule has 0 radical (unpaired) electrons. The Kier molecular flexibility index (Phi) is 6.91. The number of hydrogen-bond donors (Lipinski definition) is 1. The number of aldehydes is 1. The molecule has 1 aliphatic rings. The van der Waals surface area contributed by atoms with Gasteiger partial charge in [0.15, 0.2) is 6.29 Å². The molecule has 2 atom stereocenters. The summed E-state index contributed by atoms with van der Waals surface area (Å²) >= 11 is 17.9. The Balaban J connectivity index is 0.000000185. The van der Waals surface area contributed by atoms with Crippen LogP contribution in [-0.2, 0) is 0 Å². The molecule has 2 aromatic rings. The van der Waals surface area contributed by atoms with Crippen molar-refractivity contribution in [3.05, 3.63) is 68.7 Å². The van der Waals surface area contributed by atoms with Crippen LogP contribution in [0.15, 0.2) is 42.5 Å². The summed E-state index contributed by atoms with van der Waals surface area (Å²) in [7, 11) is 1.99. The van der Waals surface area contributed by atoms with Gasteiger partial charge in [0.25, 0.3) is 0 Å². The van der Waals surface area contributed by atoms with Crippen molar-refractivity contribution >= 4 is 41.1 Å². The predicted octanol–water partition coefficient (Wildman–Crippen LogP) is 5.61. The molecule has 2 nitrogen and oxygen atoms in total. The Bertz CT molecular complexity index is 653. The number of hydrogen-bond acceptors (Lipinski definition) is 2. The van der Waals surface area contributed by atoms with Crippen LogP contribution in [0.25, 0.3) is 0 Å². The van der Waals surface area contributed by atoms with Crippen LogP contribution in [0.1, 0.15) is 34.7 Å². The molecule has 1 aliphatic carbocycles. The second-order valence-corrected chi connectivity index (χ2v) is 6.58. The standard InChI is InChI=1S/C11H13Cl2N.C7H5ClO/c1-14-10-6-5-7(10)11-8(12)3-2-4-9(11)13;8-7-4-2-1-3-6(7)5-9/h2-4,7,10,14H,5-6H2,1H3;1-5H/t7-,10+;/m0./s1. The lowest BCUT2D eigenvalue weighted by Gasteiger charge is -2.37. The number of benzene rings is 2. The van der Waals surface area contributed by atoms with Crippen LogP contribution < -0.4 is 5.32 Å². The van der Waals surface area contributed by atoms with E-state index in [9.17, 15) is 4.79 Å². The van der Waals surface area contributed by atoms with Crippen molar-refractivity contribution in [2.24, 2.45) is 0 Å². The third kappa shape index (κ3) is 4.48. The Morgan fingerprint density at radius 2 is 1.57 bits per heavy atom. The van der Waals surface area contributed by atoms with Crippen LogP contribution in [0, 0.1) is 0 Å². The molecule has 122 valence electrons. The van der Waals surface area contributed by atoms with E-state index in [-0.39, 0.29) is 0 Å². The second kappa shape index (κ2) is 8.70. The minimum absolute atomic E-state index is 0.487. The molecule has 1 saturated carbocycles. The first-order chi connectivity index (χ1) is 11.1. The molecule has 1 fully saturated rings. The first-order valence-electron chi connectivity index (χ1n) is 7.39. The molecule has 0 bridgehead atoms. The van der Waals surface area contributed by atoms with Gasteiger partial charge in [-0.3, -0.25) is 4.79 Å². The van der Waals surface area contributed by atoms with Crippen LogP contribution in [0.3, 0.4) is 0 Å². The van der Waals surface area contributed by atoms with Crippen molar-refractivity contribution in [3.8, 4) is 0 Å². The van der Waals surface area contributed by atoms with E-state index in [1.54, 1.807) is 24.3 Å². The minimum Gasteiger partial charge on any atom is -0.316 e. The fourth-order valence-corrected chi connectivity index (χ4v) is 3.48. The van der Waals surface area contributed by atoms with Gasteiger partial charge in [-0.05, 0) is 43.7 Å². The number of halogens is 3. The molecule has 2 aromatic carbocycles. The van der Waals surface area contributed by atoms with E-state index in [1.165, 1.54) is 12.8 Å². The predicted molar refractivity (Wildman–Crippen MR) is 98.1 cm³/mol. The number of likely N-dealkylation sites (N-methyl/N-ethyl adjacent to an activating group) is 1. The van der Waals surface area contributed by atoms with Gasteiger partial charge in [-0.15, -0.1) is 0 Å². The van der Waals surface area contributed by atoms with Crippen molar-refractivity contribution < 1.29 is 4.79 Å². The highest BCUT2D eigenvalue weighted by Gasteiger charge is 2.33. The van der Waals surface area contributed by atoms with Crippen LogP contribution in [-0.4, -0.2) is 19.4 Å². The van der Waals surface area contributed by atoms with Crippen molar-refractivity contribution in [1.82, 2.24) is 5.32 Å². The summed E-state index contributed by atoms with van der Waals surface area (Å²) in [6, 6.07) is 13.2. The topological polar surface area (TPSA) is 29.1 Å². The van der Waals surface area contributed by atoms with Crippen molar-refractivity contribution in [2.75, 3.05) is 7.05 Å². The maximum atomic E-state index is 10.1. The van der Waals surface area contributed by atoms with E-state index in [4.69, 9.17) is 34.8 Å². The van der Waals surface area contributed by atoms with Crippen molar-refractivity contribution in [2.45, 2.75) is 24.8 Å². The van der Waals surface area contributed by atoms with Gasteiger partial charge in [0.2, 0.25) is 0 Å². The van der Waals surface area contributed by atoms with Crippen molar-refractivity contribution in [3.63, 3.8) is 0 Å². The summed E-state index contributed by atoms with van der Waals surface area (Å²) in [5.74, 6) is 0.487. The number of nitrogens with one attached hydrogen (secondary N) is 1. The van der Waals surface area contributed by atoms with Gasteiger partial charge >= 0.3 is 0 Å². The maximum Gasteiger partial charge on any atom is 0.151 e. The van der Waals surface area contributed by atoms with Gasteiger partial charge in [0.1, 0.15) is 0 Å². The molecule has 0 aliphatic heterocycles. The van der Waals surface area contributed by atoms with Crippen LogP contribution in [0.2, 0.25) is 15.1 Å². The molecule has 1 N–H and O–H groups in total. The van der Waals surface area contributed by atoms with E-state index < -0.39 is 0 Å². The lowest BCUT2D eigenvalue weighted by molar-refractivity contribution is 0.112. The molecule has 3 rings (SSSR count). The molecular formula is C18H18Cl3NO. The lowest BCUT2D eigenvalue weighted by atomic mass is 9.75. The quantitative estimate of drug-likeness (QED) is 0.711. The Morgan fingerprint density at radius 1 is 0.957 bits per heavy atom. The monoisotopic (exact) mass is 369 g/mol. The zero-order valence-corrected chi connectivity index (χ0v) is 15.0. The van der Waals surface area contributed by atoms with E-state index in [2.05, 4.69) is 5.32 Å². The summed E-state index contributed by atoms with van der Waals surface area (Å²) in [6.07, 6.45) is 3.13. The number of carbonyl (C=O) groups is 1. The average Bonchev–Trinajstić information content (AvgIpc) is 2.51. The highest BCUT2D eigenvalue weighted by atomic mass is 35.5. The molecule has 23 heavy (non-hydrogen) atoms. The molecule has 0 unspecified atom stereocenters. The molecule has 5 heteroatoms. The first-order valence-corrected chi connectivity index (χ1v) is 8.52. The van der Waals surface area contributed by atoms with Crippen LogP contribution in [0.4, 0.5) is 0 Å². The summed E-state index contributed by atoms with van der Waals surface area (Å²) in [5, 5.41) is 5.38. The summed E-state index contributed by atoms with van der Waals surface area (Å²) in [4.78, 5) is 10.1. The van der Waals surface area contributed by atoms with Gasteiger partial charge in [-0.2, -0.15) is 0 Å². The normalized spacial score (nSPS) is 19.3. The van der Waals surface area contributed by atoms with E-state index in [1.807, 2.05) is 25.2 Å². The van der Waals surface area contributed by atoms with E-state index in [0.29, 0.717) is 22.5 Å². The Labute approximate surface area is 151 Å². The summed E-state index contributed by atoms with van der Waals surface area (Å²) in [6.45, 7) is 0. The second-order valence-electron chi connectivity index (χ2n) is 5.35. The summed E-state index contributed by atoms with van der Waals surface area (Å²) in [5.41, 5.74) is 1.65. The van der Waals surface area contributed by atoms with Gasteiger partial charge in [0, 0.05) is 27.6 Å². The third-order valence-electron chi connectivity index (χ3n) is 4.05. The zero-order valence-electron chi connectivity index (χ0n) is 12.7. The number of carbonyl (C=O) groups excluding carboxylic acids is 1. The van der Waals surface area contributed by atoms with Gasteiger partial charge < -0.3 is 5.32 Å². The highest BCUT2D eigenvalue weighted by molar-refractivity contribution is 6.36. The SMILES string of the molecule is CN[C@@H]1CC[C@@H]1c1c(Cl)cccc1Cl.O=Cc1ccccc1Cl.